The Balaban J connectivity index is 2.25. The number of nitrogens with two attached hydrogens (primary N) is 1. The highest BCUT2D eigenvalue weighted by Gasteiger charge is 2.22. The molecule has 0 aliphatic rings. The van der Waals surface area contributed by atoms with Gasteiger partial charge in [0.25, 0.3) is 0 Å². The van der Waals surface area contributed by atoms with Gasteiger partial charge < -0.3 is 10.5 Å². The van der Waals surface area contributed by atoms with Crippen LogP contribution < -0.4 is 10.5 Å². The van der Waals surface area contributed by atoms with Gasteiger partial charge >= 0.3 is 0 Å². The number of rotatable bonds is 4. The molecule has 0 fully saturated rings. The molecule has 0 atom stereocenters. The smallest absolute Gasteiger partial charge is 0.127 e. The topological polar surface area (TPSA) is 35.2 Å². The zero-order valence-corrected chi connectivity index (χ0v) is 11.5. The summed E-state index contributed by atoms with van der Waals surface area (Å²) in [4.78, 5) is 0.475. The predicted molar refractivity (Wildman–Crippen MR) is 80.0 cm³/mol. The van der Waals surface area contributed by atoms with E-state index in [2.05, 4.69) is 18.2 Å². The molecule has 0 saturated heterocycles. The fourth-order valence-corrected chi connectivity index (χ4v) is 1.71. The minimum atomic E-state index is -0.299. The van der Waals surface area contributed by atoms with Gasteiger partial charge in [-0.15, -0.1) is 0 Å². The average molecular weight is 259 g/mol. The Morgan fingerprint density at radius 3 is 2.56 bits per heavy atom. The van der Waals surface area contributed by atoms with Crippen molar-refractivity contribution in [3.63, 3.8) is 0 Å². The zero-order valence-electron chi connectivity index (χ0n) is 10.6. The number of hydrogen-bond donors (Lipinski definition) is 1. The third-order valence-corrected chi connectivity index (χ3v) is 3.56. The summed E-state index contributed by atoms with van der Waals surface area (Å²) in [5, 5.41) is 2.28. The maximum atomic E-state index is 5.88. The molecule has 18 heavy (non-hydrogen) atoms. The molecule has 0 aliphatic heterocycles. The molecule has 2 N–H and O–H groups in total. The summed E-state index contributed by atoms with van der Waals surface area (Å²) in [5.74, 6) is 0.873. The first kappa shape index (κ1) is 12.8. The molecule has 94 valence electrons. The molecule has 2 nitrogen and oxygen atoms in total. The molecule has 0 heterocycles. The number of fused-ring (bicyclic) bond motifs is 1. The Morgan fingerprint density at radius 1 is 1.17 bits per heavy atom. The van der Waals surface area contributed by atoms with Gasteiger partial charge in [0.1, 0.15) is 5.75 Å². The first-order valence-corrected chi connectivity index (χ1v) is 6.32. The van der Waals surface area contributed by atoms with Crippen LogP contribution in [-0.2, 0) is 0 Å². The third-order valence-electron chi connectivity index (χ3n) is 3.01. The molecule has 0 radical (unpaired) electrons. The maximum absolute atomic E-state index is 5.88. The van der Waals surface area contributed by atoms with E-state index in [1.165, 1.54) is 5.39 Å². The molecular weight excluding hydrogens is 242 g/mol. The van der Waals surface area contributed by atoms with Crippen LogP contribution in [-0.4, -0.2) is 11.6 Å². The highest BCUT2D eigenvalue weighted by Crippen LogP contribution is 2.27. The van der Waals surface area contributed by atoms with Crippen molar-refractivity contribution in [2.24, 2.45) is 11.1 Å². The standard InChI is InChI=1S/C15H17NOS/c1-15(2,14(16)18)10-17-13-9-5-7-11-6-3-4-8-12(11)13/h3-9H,10H2,1-2H3,(H2,16,18). The van der Waals surface area contributed by atoms with Crippen LogP contribution >= 0.6 is 12.2 Å². The number of hydrogen-bond acceptors (Lipinski definition) is 2. The molecule has 0 spiro atoms. The van der Waals surface area contributed by atoms with E-state index < -0.39 is 0 Å². The van der Waals surface area contributed by atoms with Crippen molar-refractivity contribution in [3.8, 4) is 5.75 Å². The molecule has 3 heteroatoms. The number of ether oxygens (including phenoxy) is 1. The second-order valence-corrected chi connectivity index (χ2v) is 5.45. The van der Waals surface area contributed by atoms with E-state index in [0.29, 0.717) is 11.6 Å². The molecule has 0 saturated carbocycles. The monoisotopic (exact) mass is 259 g/mol. The third kappa shape index (κ3) is 2.62. The molecular formula is C15H17NOS. The van der Waals surface area contributed by atoms with Crippen LogP contribution in [0.3, 0.4) is 0 Å². The quantitative estimate of drug-likeness (QED) is 0.853. The fourth-order valence-electron chi connectivity index (χ4n) is 1.65. The first-order chi connectivity index (χ1) is 8.50. The fraction of sp³-hybridized carbons (Fsp3) is 0.267. The molecule has 0 aromatic heterocycles. The van der Waals surface area contributed by atoms with E-state index in [-0.39, 0.29) is 5.41 Å². The van der Waals surface area contributed by atoms with E-state index in [0.717, 1.165) is 11.1 Å². The summed E-state index contributed by atoms with van der Waals surface area (Å²) in [6.07, 6.45) is 0. The van der Waals surface area contributed by atoms with Crippen LogP contribution in [0.25, 0.3) is 10.8 Å². The van der Waals surface area contributed by atoms with Crippen molar-refractivity contribution in [2.45, 2.75) is 13.8 Å². The van der Waals surface area contributed by atoms with Crippen molar-refractivity contribution in [3.05, 3.63) is 42.5 Å². The maximum Gasteiger partial charge on any atom is 0.127 e. The Bertz CT molecular complexity index is 572. The van der Waals surface area contributed by atoms with E-state index in [1.54, 1.807) is 0 Å². The summed E-state index contributed by atoms with van der Waals surface area (Å²) in [5.41, 5.74) is 5.40. The molecule has 2 aromatic rings. The van der Waals surface area contributed by atoms with Crippen LogP contribution in [0.2, 0.25) is 0 Å². The highest BCUT2D eigenvalue weighted by molar-refractivity contribution is 7.80. The lowest BCUT2D eigenvalue weighted by Crippen LogP contribution is -2.35. The second-order valence-electron chi connectivity index (χ2n) is 5.01. The van der Waals surface area contributed by atoms with Gasteiger partial charge in [-0.05, 0) is 11.5 Å². The summed E-state index contributed by atoms with van der Waals surface area (Å²) < 4.78 is 5.88. The van der Waals surface area contributed by atoms with Crippen molar-refractivity contribution in [2.75, 3.05) is 6.61 Å². The van der Waals surface area contributed by atoms with Gasteiger partial charge in [-0.3, -0.25) is 0 Å². The Kier molecular flexibility index (Phi) is 3.53. The van der Waals surface area contributed by atoms with E-state index in [1.807, 2.05) is 38.1 Å². The molecule has 2 aromatic carbocycles. The zero-order chi connectivity index (χ0) is 13.2. The van der Waals surface area contributed by atoms with Crippen LogP contribution in [0.15, 0.2) is 42.5 Å². The lowest BCUT2D eigenvalue weighted by Gasteiger charge is -2.23. The number of thiocarbonyl (C=S) groups is 1. The Labute approximate surface area is 113 Å². The Morgan fingerprint density at radius 2 is 1.83 bits per heavy atom. The summed E-state index contributed by atoms with van der Waals surface area (Å²) >= 11 is 5.04. The molecule has 0 amide bonds. The molecule has 2 rings (SSSR count). The van der Waals surface area contributed by atoms with Gasteiger partial charge in [0.15, 0.2) is 0 Å². The first-order valence-electron chi connectivity index (χ1n) is 5.91. The SMILES string of the molecule is CC(C)(COc1cccc2ccccc12)C(N)=S. The van der Waals surface area contributed by atoms with Gasteiger partial charge in [-0.2, -0.15) is 0 Å². The van der Waals surface area contributed by atoms with Crippen LogP contribution in [0.4, 0.5) is 0 Å². The van der Waals surface area contributed by atoms with E-state index >= 15 is 0 Å². The van der Waals surface area contributed by atoms with Crippen molar-refractivity contribution >= 4 is 28.0 Å². The summed E-state index contributed by atoms with van der Waals surface area (Å²) in [7, 11) is 0. The predicted octanol–water partition coefficient (Wildman–Crippen LogP) is 3.53. The molecule has 0 bridgehead atoms. The highest BCUT2D eigenvalue weighted by atomic mass is 32.1. The largest absolute Gasteiger partial charge is 0.492 e. The van der Waals surface area contributed by atoms with Crippen molar-refractivity contribution in [1.29, 1.82) is 0 Å². The Hall–Kier alpha value is -1.61. The normalized spacial score (nSPS) is 11.4. The van der Waals surface area contributed by atoms with Crippen LogP contribution in [0, 0.1) is 5.41 Å². The van der Waals surface area contributed by atoms with Gasteiger partial charge in [0.05, 0.1) is 11.6 Å². The minimum Gasteiger partial charge on any atom is -0.492 e. The minimum absolute atomic E-state index is 0.299. The van der Waals surface area contributed by atoms with Crippen LogP contribution in [0.5, 0.6) is 5.75 Å². The number of benzene rings is 2. The lowest BCUT2D eigenvalue weighted by molar-refractivity contribution is 0.239. The van der Waals surface area contributed by atoms with E-state index in [4.69, 9.17) is 22.7 Å². The van der Waals surface area contributed by atoms with Crippen LogP contribution in [0.1, 0.15) is 13.8 Å². The van der Waals surface area contributed by atoms with Gasteiger partial charge in [0.2, 0.25) is 0 Å². The van der Waals surface area contributed by atoms with Gasteiger partial charge in [-0.1, -0.05) is 62.5 Å². The van der Waals surface area contributed by atoms with Gasteiger partial charge in [-0.25, -0.2) is 0 Å². The summed E-state index contributed by atoms with van der Waals surface area (Å²) in [6.45, 7) is 4.46. The van der Waals surface area contributed by atoms with Gasteiger partial charge in [0, 0.05) is 10.8 Å². The molecule has 0 aliphatic carbocycles. The molecule has 0 unspecified atom stereocenters. The lowest BCUT2D eigenvalue weighted by atomic mass is 9.95. The van der Waals surface area contributed by atoms with E-state index in [9.17, 15) is 0 Å². The van der Waals surface area contributed by atoms with Crippen molar-refractivity contribution < 1.29 is 4.74 Å². The summed E-state index contributed by atoms with van der Waals surface area (Å²) in [6, 6.07) is 14.2. The van der Waals surface area contributed by atoms with Crippen molar-refractivity contribution in [1.82, 2.24) is 0 Å². The second kappa shape index (κ2) is 4.94. The average Bonchev–Trinajstić information content (AvgIpc) is 2.36.